The van der Waals surface area contributed by atoms with Crippen LogP contribution in [0.25, 0.3) is 0 Å². The summed E-state index contributed by atoms with van der Waals surface area (Å²) in [7, 11) is 0. The quantitative estimate of drug-likeness (QED) is 0.744. The van der Waals surface area contributed by atoms with Gasteiger partial charge < -0.3 is 5.32 Å². The highest BCUT2D eigenvalue weighted by Crippen LogP contribution is 2.33. The third-order valence-corrected chi connectivity index (χ3v) is 6.07. The average molecular weight is 333 g/mol. The van der Waals surface area contributed by atoms with Crippen LogP contribution in [0.4, 0.5) is 5.69 Å². The van der Waals surface area contributed by atoms with Crippen molar-refractivity contribution in [1.82, 2.24) is 0 Å². The van der Waals surface area contributed by atoms with E-state index >= 15 is 0 Å². The van der Waals surface area contributed by atoms with Crippen molar-refractivity contribution in [2.45, 2.75) is 64.1 Å². The number of nitrogens with one attached hydrogen (secondary N) is 1. The van der Waals surface area contributed by atoms with E-state index in [1.54, 1.807) is 0 Å². The Labute approximate surface area is 151 Å². The first-order valence-electron chi connectivity index (χ1n) is 9.78. The molecular weight excluding hydrogens is 304 g/mol. The molecule has 4 rings (SSSR count). The zero-order valence-corrected chi connectivity index (χ0v) is 15.4. The lowest BCUT2D eigenvalue weighted by atomic mass is 9.89. The van der Waals surface area contributed by atoms with Gasteiger partial charge in [0.25, 0.3) is 0 Å². The van der Waals surface area contributed by atoms with Gasteiger partial charge in [-0.2, -0.15) is 0 Å². The Morgan fingerprint density at radius 1 is 0.920 bits per heavy atom. The van der Waals surface area contributed by atoms with Crippen molar-refractivity contribution < 1.29 is 4.58 Å². The molecule has 1 aliphatic heterocycles. The van der Waals surface area contributed by atoms with Gasteiger partial charge in [0.05, 0.1) is 17.2 Å². The van der Waals surface area contributed by atoms with E-state index in [4.69, 9.17) is 0 Å². The number of fused-ring (bicyclic) bond motifs is 1. The number of hydrogen-bond donors (Lipinski definition) is 1. The Balaban J connectivity index is 1.78. The van der Waals surface area contributed by atoms with Crippen LogP contribution in [0, 0.1) is 0 Å². The lowest BCUT2D eigenvalue weighted by molar-refractivity contribution is -0.602. The molecule has 2 atom stereocenters. The van der Waals surface area contributed by atoms with Crippen molar-refractivity contribution in [2.75, 3.05) is 5.32 Å². The van der Waals surface area contributed by atoms with E-state index in [0.29, 0.717) is 18.1 Å². The third kappa shape index (κ3) is 3.10. The van der Waals surface area contributed by atoms with Crippen molar-refractivity contribution in [3.63, 3.8) is 0 Å². The Hall–Kier alpha value is -2.09. The van der Waals surface area contributed by atoms with Gasteiger partial charge in [0, 0.05) is 19.8 Å². The SMILES string of the molecule is CC1=[N+](C2CCCCC2)C([C@H](C)c2ccccc2)Nc2ccccc21. The molecule has 0 saturated heterocycles. The fourth-order valence-electron chi connectivity index (χ4n) is 4.67. The zero-order valence-electron chi connectivity index (χ0n) is 15.4. The molecule has 1 N–H and O–H groups in total. The minimum Gasteiger partial charge on any atom is -0.327 e. The Morgan fingerprint density at radius 2 is 1.60 bits per heavy atom. The zero-order chi connectivity index (χ0) is 17.2. The number of rotatable bonds is 3. The first-order valence-corrected chi connectivity index (χ1v) is 9.78. The van der Waals surface area contributed by atoms with Gasteiger partial charge in [0.15, 0.2) is 11.8 Å². The van der Waals surface area contributed by atoms with Crippen LogP contribution < -0.4 is 5.32 Å². The van der Waals surface area contributed by atoms with Crippen molar-refractivity contribution in [1.29, 1.82) is 0 Å². The second-order valence-corrected chi connectivity index (χ2v) is 7.62. The standard InChI is InChI=1S/C23H28N2/c1-17(19-11-5-3-6-12-19)23-24-22-16-10-9-15-21(22)18(2)25(23)20-13-7-4-8-14-20/h3,5-6,9-12,15-17,20,23H,4,7-8,13-14H2,1-2H3/p+1/t17-,23?/m1/s1. The molecule has 2 aromatic rings. The molecule has 2 heteroatoms. The average Bonchev–Trinajstić information content (AvgIpc) is 2.69. The summed E-state index contributed by atoms with van der Waals surface area (Å²) in [5, 5.41) is 3.88. The molecule has 2 aromatic carbocycles. The van der Waals surface area contributed by atoms with Gasteiger partial charge in [-0.15, -0.1) is 0 Å². The molecule has 1 aliphatic carbocycles. The molecule has 0 amide bonds. The Morgan fingerprint density at radius 3 is 2.36 bits per heavy atom. The summed E-state index contributed by atoms with van der Waals surface area (Å²) in [5.41, 5.74) is 5.49. The monoisotopic (exact) mass is 333 g/mol. The molecule has 0 radical (unpaired) electrons. The maximum Gasteiger partial charge on any atom is 0.233 e. The van der Waals surface area contributed by atoms with Gasteiger partial charge in [0.1, 0.15) is 0 Å². The number of nitrogens with zero attached hydrogens (tertiary/aromatic N) is 1. The van der Waals surface area contributed by atoms with E-state index in [1.165, 1.54) is 54.6 Å². The maximum absolute atomic E-state index is 3.88. The van der Waals surface area contributed by atoms with Crippen LogP contribution in [0.3, 0.4) is 0 Å². The minimum absolute atomic E-state index is 0.320. The smallest absolute Gasteiger partial charge is 0.233 e. The molecule has 1 unspecified atom stereocenters. The van der Waals surface area contributed by atoms with Crippen LogP contribution in [0.5, 0.6) is 0 Å². The summed E-state index contributed by atoms with van der Waals surface area (Å²) in [4.78, 5) is 0. The largest absolute Gasteiger partial charge is 0.327 e. The summed E-state index contributed by atoms with van der Waals surface area (Å²) in [6.07, 6.45) is 7.08. The fourth-order valence-corrected chi connectivity index (χ4v) is 4.67. The van der Waals surface area contributed by atoms with Crippen LogP contribution >= 0.6 is 0 Å². The summed E-state index contributed by atoms with van der Waals surface area (Å²) in [6.45, 7) is 4.68. The first-order chi connectivity index (χ1) is 12.3. The number of hydrogen-bond acceptors (Lipinski definition) is 1. The van der Waals surface area contributed by atoms with Crippen LogP contribution in [0.2, 0.25) is 0 Å². The third-order valence-electron chi connectivity index (χ3n) is 6.07. The summed E-state index contributed by atoms with van der Waals surface area (Å²) in [5.74, 6) is 0.437. The van der Waals surface area contributed by atoms with Crippen LogP contribution in [0.15, 0.2) is 54.6 Å². The van der Waals surface area contributed by atoms with E-state index in [0.717, 1.165) is 0 Å². The summed E-state index contributed by atoms with van der Waals surface area (Å²) >= 11 is 0. The van der Waals surface area contributed by atoms with E-state index in [1.807, 2.05) is 0 Å². The van der Waals surface area contributed by atoms with Crippen molar-refractivity contribution in [3.05, 3.63) is 65.7 Å². The van der Waals surface area contributed by atoms with Gasteiger partial charge in [-0.05, 0) is 37.5 Å². The van der Waals surface area contributed by atoms with Crippen molar-refractivity contribution >= 4 is 11.4 Å². The van der Waals surface area contributed by atoms with Gasteiger partial charge in [-0.3, -0.25) is 0 Å². The van der Waals surface area contributed by atoms with Gasteiger partial charge in [-0.1, -0.05) is 48.9 Å². The van der Waals surface area contributed by atoms with Gasteiger partial charge in [-0.25, -0.2) is 4.58 Å². The highest BCUT2D eigenvalue weighted by Gasteiger charge is 2.40. The highest BCUT2D eigenvalue weighted by molar-refractivity contribution is 6.01. The second kappa shape index (κ2) is 7.03. The van der Waals surface area contributed by atoms with Crippen LogP contribution in [0.1, 0.15) is 63.0 Å². The Bertz CT molecular complexity index is 757. The normalized spacial score (nSPS) is 22.2. The maximum atomic E-state index is 3.88. The van der Waals surface area contributed by atoms with E-state index in [2.05, 4.69) is 78.3 Å². The molecule has 0 bridgehead atoms. The van der Waals surface area contributed by atoms with Crippen LogP contribution in [-0.2, 0) is 0 Å². The highest BCUT2D eigenvalue weighted by atomic mass is 15.2. The van der Waals surface area contributed by atoms with Crippen molar-refractivity contribution in [3.8, 4) is 0 Å². The molecule has 0 spiro atoms. The first kappa shape index (κ1) is 16.4. The predicted octanol–water partition coefficient (Wildman–Crippen LogP) is 5.40. The van der Waals surface area contributed by atoms with Gasteiger partial charge >= 0.3 is 0 Å². The van der Waals surface area contributed by atoms with Crippen molar-refractivity contribution in [2.24, 2.45) is 0 Å². The lowest BCUT2D eigenvalue weighted by Crippen LogP contribution is -2.49. The molecule has 25 heavy (non-hydrogen) atoms. The molecule has 1 saturated carbocycles. The molecule has 1 heterocycles. The number of benzene rings is 2. The molecule has 130 valence electrons. The number of anilines is 1. The number of para-hydroxylation sites is 1. The van der Waals surface area contributed by atoms with Gasteiger partial charge in [0.2, 0.25) is 6.17 Å². The second-order valence-electron chi connectivity index (χ2n) is 7.62. The molecule has 1 fully saturated rings. The molecule has 2 aliphatic rings. The summed E-state index contributed by atoms with van der Waals surface area (Å²) in [6, 6.07) is 20.4. The van der Waals surface area contributed by atoms with Crippen LogP contribution in [-0.4, -0.2) is 22.5 Å². The minimum atomic E-state index is 0.320. The predicted molar refractivity (Wildman–Crippen MR) is 106 cm³/mol. The molecular formula is C23H29N2+. The summed E-state index contributed by atoms with van der Waals surface area (Å²) < 4.78 is 2.71. The Kier molecular flexibility index (Phi) is 4.61. The topological polar surface area (TPSA) is 15.0 Å². The van der Waals surface area contributed by atoms with E-state index < -0.39 is 0 Å². The molecule has 2 nitrogen and oxygen atoms in total. The van der Waals surface area contributed by atoms with E-state index in [9.17, 15) is 0 Å². The molecule has 0 aromatic heterocycles. The fraction of sp³-hybridized carbons (Fsp3) is 0.435. The lowest BCUT2D eigenvalue weighted by Gasteiger charge is -2.35. The van der Waals surface area contributed by atoms with E-state index in [-0.39, 0.29) is 0 Å².